The lowest BCUT2D eigenvalue weighted by Crippen LogP contribution is -2.30. The van der Waals surface area contributed by atoms with E-state index in [1.54, 1.807) is 23.3 Å². The number of nitrogens with one attached hydrogen (secondary N) is 1. The fourth-order valence-corrected chi connectivity index (χ4v) is 2.72. The van der Waals surface area contributed by atoms with E-state index in [2.05, 4.69) is 25.3 Å². The number of aliphatic hydroxyl groups excluding tert-OH is 1. The summed E-state index contributed by atoms with van der Waals surface area (Å²) in [6, 6.07) is 0. The van der Waals surface area contributed by atoms with Crippen molar-refractivity contribution >= 4 is 17.5 Å². The monoisotopic (exact) mass is 308 g/mol. The first-order chi connectivity index (χ1) is 10.2. The van der Waals surface area contributed by atoms with Crippen molar-refractivity contribution in [2.45, 2.75) is 31.8 Å². The molecule has 1 aliphatic carbocycles. The molecule has 112 valence electrons. The summed E-state index contributed by atoms with van der Waals surface area (Å²) < 4.78 is 1.66. The highest BCUT2D eigenvalue weighted by atomic mass is 35.5. The van der Waals surface area contributed by atoms with Gasteiger partial charge >= 0.3 is 0 Å². The third-order valence-corrected chi connectivity index (χ3v) is 3.89. The predicted octanol–water partition coefficient (Wildman–Crippen LogP) is 1.67. The number of hydrogen-bond acceptors (Lipinski definition) is 6. The van der Waals surface area contributed by atoms with Gasteiger partial charge in [-0.05, 0) is 24.4 Å². The second-order valence-corrected chi connectivity index (χ2v) is 5.53. The van der Waals surface area contributed by atoms with Crippen molar-refractivity contribution in [3.63, 3.8) is 0 Å². The highest BCUT2D eigenvalue weighted by molar-refractivity contribution is 6.28. The molecule has 0 saturated heterocycles. The van der Waals surface area contributed by atoms with Gasteiger partial charge in [0.25, 0.3) is 0 Å². The van der Waals surface area contributed by atoms with Crippen LogP contribution in [0.2, 0.25) is 5.28 Å². The fourth-order valence-electron chi connectivity index (χ4n) is 2.56. The maximum absolute atomic E-state index is 9.97. The first kappa shape index (κ1) is 14.2. The van der Waals surface area contributed by atoms with Gasteiger partial charge in [-0.25, -0.2) is 4.98 Å². The molecule has 0 aromatic carbocycles. The van der Waals surface area contributed by atoms with Crippen molar-refractivity contribution in [1.82, 2.24) is 24.5 Å². The van der Waals surface area contributed by atoms with E-state index >= 15 is 0 Å². The van der Waals surface area contributed by atoms with E-state index in [4.69, 9.17) is 11.6 Å². The maximum Gasteiger partial charge on any atom is 0.241 e. The van der Waals surface area contributed by atoms with Crippen LogP contribution in [-0.4, -0.2) is 42.3 Å². The first-order valence-electron chi connectivity index (χ1n) is 7.04. The fraction of sp³-hybridized carbons (Fsp3) is 0.538. The van der Waals surface area contributed by atoms with Crippen molar-refractivity contribution in [2.24, 2.45) is 5.92 Å². The Balaban J connectivity index is 1.70. The van der Waals surface area contributed by atoms with Gasteiger partial charge in [-0.2, -0.15) is 15.0 Å². The average molecular weight is 309 g/mol. The van der Waals surface area contributed by atoms with E-state index in [1.165, 1.54) is 0 Å². The van der Waals surface area contributed by atoms with Crippen LogP contribution in [0, 0.1) is 5.92 Å². The lowest BCUT2D eigenvalue weighted by molar-refractivity contribution is 0.0762. The van der Waals surface area contributed by atoms with Crippen LogP contribution in [0.25, 0.3) is 5.95 Å². The molecule has 1 saturated carbocycles. The minimum atomic E-state index is -0.253. The van der Waals surface area contributed by atoms with Crippen molar-refractivity contribution in [3.8, 4) is 5.95 Å². The molecule has 0 spiro atoms. The molecule has 2 aromatic rings. The van der Waals surface area contributed by atoms with Crippen molar-refractivity contribution in [2.75, 3.05) is 11.9 Å². The second-order valence-electron chi connectivity index (χ2n) is 5.19. The molecule has 2 heterocycles. The zero-order valence-electron chi connectivity index (χ0n) is 11.5. The molecule has 0 aliphatic heterocycles. The Bertz CT molecular complexity index is 590. The summed E-state index contributed by atoms with van der Waals surface area (Å²) in [5, 5.41) is 13.2. The van der Waals surface area contributed by atoms with Crippen molar-refractivity contribution in [1.29, 1.82) is 0 Å². The lowest BCUT2D eigenvalue weighted by atomic mass is 9.86. The molecule has 1 aliphatic rings. The number of anilines is 1. The largest absolute Gasteiger partial charge is 0.393 e. The van der Waals surface area contributed by atoms with Gasteiger partial charge < -0.3 is 10.4 Å². The van der Waals surface area contributed by atoms with E-state index in [0.717, 1.165) is 25.7 Å². The Kier molecular flexibility index (Phi) is 4.31. The Morgan fingerprint density at radius 1 is 1.29 bits per heavy atom. The van der Waals surface area contributed by atoms with Gasteiger partial charge in [-0.15, -0.1) is 0 Å². The van der Waals surface area contributed by atoms with Gasteiger partial charge in [0, 0.05) is 24.9 Å². The number of nitrogens with zero attached hydrogens (tertiary/aromatic N) is 5. The van der Waals surface area contributed by atoms with E-state index < -0.39 is 0 Å². The molecule has 2 atom stereocenters. The molecule has 21 heavy (non-hydrogen) atoms. The molecule has 7 nitrogen and oxygen atoms in total. The molecule has 2 N–H and O–H groups in total. The first-order valence-corrected chi connectivity index (χ1v) is 7.42. The van der Waals surface area contributed by atoms with Gasteiger partial charge in [0.15, 0.2) is 0 Å². The SMILES string of the molecule is OC1CCCCC1CNc1nc(Cl)nc(-n2ccnc2)n1. The summed E-state index contributed by atoms with van der Waals surface area (Å²) in [6.07, 6.45) is 8.86. The third kappa shape index (κ3) is 3.48. The molecular formula is C13H17ClN6O. The Labute approximate surface area is 127 Å². The third-order valence-electron chi connectivity index (χ3n) is 3.72. The molecular weight excluding hydrogens is 292 g/mol. The van der Waals surface area contributed by atoms with Crippen LogP contribution in [-0.2, 0) is 0 Å². The zero-order chi connectivity index (χ0) is 14.7. The topological polar surface area (TPSA) is 88.8 Å². The number of aliphatic hydroxyl groups is 1. The number of rotatable bonds is 4. The van der Waals surface area contributed by atoms with Crippen LogP contribution in [0.4, 0.5) is 5.95 Å². The van der Waals surface area contributed by atoms with Gasteiger partial charge in [-0.3, -0.25) is 4.57 Å². The summed E-state index contributed by atoms with van der Waals surface area (Å²) in [5.41, 5.74) is 0. The summed E-state index contributed by atoms with van der Waals surface area (Å²) in [6.45, 7) is 0.630. The van der Waals surface area contributed by atoms with Crippen molar-refractivity contribution in [3.05, 3.63) is 24.0 Å². The van der Waals surface area contributed by atoms with Gasteiger partial charge in [0.05, 0.1) is 6.10 Å². The van der Waals surface area contributed by atoms with Crippen LogP contribution in [0.3, 0.4) is 0 Å². The smallest absolute Gasteiger partial charge is 0.241 e. The van der Waals surface area contributed by atoms with Crippen LogP contribution in [0.1, 0.15) is 25.7 Å². The molecule has 3 rings (SSSR count). The summed E-state index contributed by atoms with van der Waals surface area (Å²) in [5.74, 6) is 1.06. The van der Waals surface area contributed by atoms with Crippen LogP contribution >= 0.6 is 11.6 Å². The van der Waals surface area contributed by atoms with E-state index in [9.17, 15) is 5.11 Å². The quantitative estimate of drug-likeness (QED) is 0.893. The van der Waals surface area contributed by atoms with Gasteiger partial charge in [-0.1, -0.05) is 12.8 Å². The predicted molar refractivity (Wildman–Crippen MR) is 78.4 cm³/mol. The van der Waals surface area contributed by atoms with Crippen molar-refractivity contribution < 1.29 is 5.11 Å². The normalized spacial score (nSPS) is 22.2. The van der Waals surface area contributed by atoms with Gasteiger partial charge in [0.2, 0.25) is 17.2 Å². The minimum Gasteiger partial charge on any atom is -0.393 e. The molecule has 0 radical (unpaired) electrons. The summed E-state index contributed by atoms with van der Waals surface area (Å²) in [7, 11) is 0. The molecule has 1 fully saturated rings. The van der Waals surface area contributed by atoms with Crippen LogP contribution in [0.15, 0.2) is 18.7 Å². The molecule has 0 amide bonds. The Morgan fingerprint density at radius 3 is 2.90 bits per heavy atom. The minimum absolute atomic E-state index is 0.125. The zero-order valence-corrected chi connectivity index (χ0v) is 12.2. The number of hydrogen-bond donors (Lipinski definition) is 2. The molecule has 0 bridgehead atoms. The van der Waals surface area contributed by atoms with E-state index in [-0.39, 0.29) is 17.3 Å². The summed E-state index contributed by atoms with van der Waals surface area (Å²) in [4.78, 5) is 16.4. The number of imidazole rings is 1. The molecule has 2 aromatic heterocycles. The highest BCUT2D eigenvalue weighted by Crippen LogP contribution is 2.24. The van der Waals surface area contributed by atoms with Crippen LogP contribution < -0.4 is 5.32 Å². The second kappa shape index (κ2) is 6.36. The van der Waals surface area contributed by atoms with E-state index in [0.29, 0.717) is 18.4 Å². The highest BCUT2D eigenvalue weighted by Gasteiger charge is 2.23. The number of aromatic nitrogens is 5. The van der Waals surface area contributed by atoms with E-state index in [1.807, 2.05) is 0 Å². The Morgan fingerprint density at radius 2 is 2.14 bits per heavy atom. The van der Waals surface area contributed by atoms with Gasteiger partial charge in [0.1, 0.15) is 6.33 Å². The molecule has 8 heteroatoms. The Hall–Kier alpha value is -1.73. The van der Waals surface area contributed by atoms with Crippen LogP contribution in [0.5, 0.6) is 0 Å². The lowest BCUT2D eigenvalue weighted by Gasteiger charge is -2.27. The maximum atomic E-state index is 9.97. The number of halogens is 1. The summed E-state index contributed by atoms with van der Waals surface area (Å²) >= 11 is 5.93. The standard InChI is InChI=1S/C13H17ClN6O/c14-11-17-12(16-7-9-3-1-2-4-10(9)21)19-13(18-11)20-6-5-15-8-20/h5-6,8-10,21H,1-4,7H2,(H,16,17,18,19). The average Bonchev–Trinajstić information content (AvgIpc) is 3.00. The molecule has 2 unspecified atom stereocenters.